The van der Waals surface area contributed by atoms with Gasteiger partial charge in [-0.1, -0.05) is 11.6 Å². The van der Waals surface area contributed by atoms with E-state index < -0.39 is 17.3 Å². The predicted molar refractivity (Wildman–Crippen MR) is 118 cm³/mol. The average Bonchev–Trinajstić information content (AvgIpc) is 3.21. The number of aromatic amines is 1. The van der Waals surface area contributed by atoms with Gasteiger partial charge in [-0.3, -0.25) is 4.79 Å². The number of primary amides is 1. The van der Waals surface area contributed by atoms with E-state index in [1.54, 1.807) is 11.8 Å². The molecule has 2 aliphatic rings. The summed E-state index contributed by atoms with van der Waals surface area (Å²) in [4.78, 5) is 31.2. The van der Waals surface area contributed by atoms with Crippen LogP contribution in [-0.2, 0) is 4.74 Å². The van der Waals surface area contributed by atoms with Crippen molar-refractivity contribution in [2.24, 2.45) is 17.6 Å². The molecule has 2 aliphatic heterocycles. The molecule has 0 spiro atoms. The van der Waals surface area contributed by atoms with E-state index in [2.05, 4.69) is 4.98 Å². The summed E-state index contributed by atoms with van der Waals surface area (Å²) in [6.07, 6.45) is 0.515. The first-order chi connectivity index (χ1) is 14.5. The van der Waals surface area contributed by atoms with Gasteiger partial charge < -0.3 is 25.3 Å². The maximum absolute atomic E-state index is 15.2. The minimum absolute atomic E-state index is 0.0816. The molecule has 2 fully saturated rings. The van der Waals surface area contributed by atoms with E-state index >= 15 is 4.39 Å². The Morgan fingerprint density at radius 2 is 1.94 bits per heavy atom. The number of hydrogen-bond acceptors (Lipinski definition) is 4. The number of nitrogens with zero attached hydrogens (tertiary/aromatic N) is 2. The smallest absolute Gasteiger partial charge is 0.410 e. The number of rotatable bonds is 2. The van der Waals surface area contributed by atoms with Crippen molar-refractivity contribution >= 4 is 40.2 Å². The van der Waals surface area contributed by atoms with E-state index in [4.69, 9.17) is 22.1 Å². The van der Waals surface area contributed by atoms with E-state index in [1.165, 1.54) is 6.07 Å². The van der Waals surface area contributed by atoms with Crippen molar-refractivity contribution in [1.82, 2.24) is 9.88 Å². The highest BCUT2D eigenvalue weighted by Gasteiger charge is 2.41. The van der Waals surface area contributed by atoms with E-state index in [9.17, 15) is 9.59 Å². The number of fused-ring (bicyclic) bond motifs is 2. The number of aryl methyl sites for hydroxylation is 1. The number of carbonyl (C=O) groups excluding carboxylic acids is 2. The van der Waals surface area contributed by atoms with Crippen LogP contribution in [0.1, 0.15) is 43.2 Å². The van der Waals surface area contributed by atoms with Gasteiger partial charge in [0.15, 0.2) is 0 Å². The van der Waals surface area contributed by atoms with Crippen molar-refractivity contribution in [3.8, 4) is 0 Å². The van der Waals surface area contributed by atoms with Crippen molar-refractivity contribution in [1.29, 1.82) is 0 Å². The summed E-state index contributed by atoms with van der Waals surface area (Å²) >= 11 is 6.51. The number of ether oxygens (including phenoxy) is 1. The summed E-state index contributed by atoms with van der Waals surface area (Å²) in [6.45, 7) is 9.76. The van der Waals surface area contributed by atoms with Crippen molar-refractivity contribution in [2.45, 2.75) is 39.7 Å². The highest BCUT2D eigenvalue weighted by atomic mass is 35.5. The molecule has 2 atom stereocenters. The number of aromatic nitrogens is 1. The molecular weight excluding hydrogens is 423 g/mol. The number of carbonyl (C=O) groups is 2. The average molecular weight is 451 g/mol. The lowest BCUT2D eigenvalue weighted by Crippen LogP contribution is -2.40. The first-order valence-corrected chi connectivity index (χ1v) is 10.9. The van der Waals surface area contributed by atoms with Crippen LogP contribution in [0.15, 0.2) is 6.07 Å². The molecule has 3 N–H and O–H groups in total. The molecule has 168 valence electrons. The molecular formula is C22H28ClFN4O3. The van der Waals surface area contributed by atoms with Gasteiger partial charge in [-0.15, -0.1) is 0 Å². The molecule has 2 saturated heterocycles. The molecule has 0 bridgehead atoms. The van der Waals surface area contributed by atoms with Gasteiger partial charge in [0.05, 0.1) is 21.8 Å². The van der Waals surface area contributed by atoms with E-state index in [0.29, 0.717) is 59.4 Å². The summed E-state index contributed by atoms with van der Waals surface area (Å²) < 4.78 is 20.8. The number of H-pyrrole nitrogens is 1. The lowest BCUT2D eigenvalue weighted by Gasteiger charge is -2.36. The Labute approximate surface area is 185 Å². The Bertz CT molecular complexity index is 1060. The maximum atomic E-state index is 15.2. The van der Waals surface area contributed by atoms with E-state index in [1.807, 2.05) is 25.7 Å². The summed E-state index contributed by atoms with van der Waals surface area (Å²) in [7, 11) is 0. The second-order valence-corrected chi connectivity index (χ2v) is 9.95. The van der Waals surface area contributed by atoms with Gasteiger partial charge in [-0.25, -0.2) is 9.18 Å². The fourth-order valence-electron chi connectivity index (χ4n) is 4.76. The zero-order chi connectivity index (χ0) is 22.7. The fourth-order valence-corrected chi connectivity index (χ4v) is 5.00. The van der Waals surface area contributed by atoms with Crippen LogP contribution < -0.4 is 10.6 Å². The third kappa shape index (κ3) is 3.93. The molecule has 2 amide bonds. The van der Waals surface area contributed by atoms with Crippen LogP contribution in [0.4, 0.5) is 14.9 Å². The number of piperidine rings is 1. The lowest BCUT2D eigenvalue weighted by atomic mass is 9.88. The monoisotopic (exact) mass is 450 g/mol. The van der Waals surface area contributed by atoms with Crippen LogP contribution in [0.25, 0.3) is 10.9 Å². The van der Waals surface area contributed by atoms with Gasteiger partial charge in [-0.05, 0) is 52.0 Å². The highest BCUT2D eigenvalue weighted by Crippen LogP contribution is 2.42. The van der Waals surface area contributed by atoms with Crippen molar-refractivity contribution in [3.05, 3.63) is 28.2 Å². The van der Waals surface area contributed by atoms with Gasteiger partial charge in [0.25, 0.3) is 5.91 Å². The number of amides is 2. The minimum atomic E-state index is -0.712. The summed E-state index contributed by atoms with van der Waals surface area (Å²) in [6, 6.07) is 1.18. The van der Waals surface area contributed by atoms with Gasteiger partial charge in [-0.2, -0.15) is 0 Å². The Kier molecular flexibility index (Phi) is 5.32. The molecule has 4 rings (SSSR count). The normalized spacial score (nSPS) is 21.5. The summed E-state index contributed by atoms with van der Waals surface area (Å²) in [5, 5.41) is 0.865. The van der Waals surface area contributed by atoms with Crippen LogP contribution in [-0.4, -0.2) is 53.7 Å². The van der Waals surface area contributed by atoms with Crippen LogP contribution in [0.2, 0.25) is 5.02 Å². The van der Waals surface area contributed by atoms with Gasteiger partial charge in [0, 0.05) is 37.3 Å². The summed E-state index contributed by atoms with van der Waals surface area (Å²) in [5.74, 6) is -0.695. The van der Waals surface area contributed by atoms with Crippen LogP contribution in [0.3, 0.4) is 0 Å². The molecule has 0 saturated carbocycles. The largest absolute Gasteiger partial charge is 0.444 e. The van der Waals surface area contributed by atoms with Crippen molar-refractivity contribution in [3.63, 3.8) is 0 Å². The third-order valence-electron chi connectivity index (χ3n) is 6.15. The third-order valence-corrected chi connectivity index (χ3v) is 6.62. The van der Waals surface area contributed by atoms with E-state index in [-0.39, 0.29) is 17.6 Å². The van der Waals surface area contributed by atoms with Crippen LogP contribution in [0.5, 0.6) is 0 Å². The Balaban J connectivity index is 1.63. The number of likely N-dealkylation sites (tertiary alicyclic amines) is 1. The zero-order valence-electron chi connectivity index (χ0n) is 18.2. The number of anilines is 1. The molecule has 2 aromatic rings. The number of benzene rings is 1. The van der Waals surface area contributed by atoms with Crippen LogP contribution in [0, 0.1) is 24.6 Å². The zero-order valence-corrected chi connectivity index (χ0v) is 19.0. The predicted octanol–water partition coefficient (Wildman–Crippen LogP) is 4.06. The number of hydrogen-bond donors (Lipinski definition) is 2. The Morgan fingerprint density at radius 1 is 1.26 bits per heavy atom. The lowest BCUT2D eigenvalue weighted by molar-refractivity contribution is 0.0284. The van der Waals surface area contributed by atoms with Crippen molar-refractivity contribution < 1.29 is 18.7 Å². The molecule has 0 aliphatic carbocycles. The van der Waals surface area contributed by atoms with Gasteiger partial charge in [0.1, 0.15) is 11.4 Å². The molecule has 0 radical (unpaired) electrons. The molecule has 9 heteroatoms. The van der Waals surface area contributed by atoms with Crippen molar-refractivity contribution in [2.75, 3.05) is 31.1 Å². The van der Waals surface area contributed by atoms with Gasteiger partial charge >= 0.3 is 6.09 Å². The maximum Gasteiger partial charge on any atom is 0.410 e. The Morgan fingerprint density at radius 3 is 2.58 bits per heavy atom. The molecule has 31 heavy (non-hydrogen) atoms. The first kappa shape index (κ1) is 21.7. The molecule has 1 aromatic heterocycles. The number of nitrogens with one attached hydrogen (secondary N) is 1. The highest BCUT2D eigenvalue weighted by molar-refractivity contribution is 6.38. The van der Waals surface area contributed by atoms with Crippen LogP contribution >= 0.6 is 11.6 Å². The Hall–Kier alpha value is -2.48. The molecule has 2 unspecified atom stereocenters. The summed E-state index contributed by atoms with van der Waals surface area (Å²) in [5.41, 5.74) is 6.48. The second kappa shape index (κ2) is 7.58. The standard InChI is InChI=1S/C22H28ClFN4O3/c1-11-17(23)16-18(26-11)14(20(25)29)7-15(24)19(16)27-6-5-12-8-28(10-13(12)9-27)21(30)31-22(2,3)4/h7,12-13,26H,5-6,8-10H2,1-4H3,(H2,25,29). The van der Waals surface area contributed by atoms with Gasteiger partial charge in [0.2, 0.25) is 0 Å². The quantitative estimate of drug-likeness (QED) is 0.721. The number of nitrogens with two attached hydrogens (primary N) is 1. The molecule has 7 nitrogen and oxygen atoms in total. The SMILES string of the molecule is Cc1[nH]c2c(C(N)=O)cc(F)c(N3CCC4CN(C(=O)OC(C)(C)C)CC4C3)c2c1Cl. The topological polar surface area (TPSA) is 91.7 Å². The molecule has 1 aromatic carbocycles. The fraction of sp³-hybridized carbons (Fsp3) is 0.545. The minimum Gasteiger partial charge on any atom is -0.444 e. The first-order valence-electron chi connectivity index (χ1n) is 10.5. The number of halogens is 2. The molecule has 3 heterocycles. The second-order valence-electron chi connectivity index (χ2n) is 9.57. The van der Waals surface area contributed by atoms with E-state index in [0.717, 1.165) is 6.42 Å².